The molecule has 2 N–H and O–H groups in total. The molecule has 0 saturated heterocycles. The zero-order chi connectivity index (χ0) is 24.2. The molecule has 0 radical (unpaired) electrons. The molecule has 13 heteroatoms. The van der Waals surface area contributed by atoms with Crippen molar-refractivity contribution in [2.75, 3.05) is 39.8 Å². The number of ether oxygens (including phenoxy) is 1. The molecule has 0 aromatic rings. The molecule has 182 valence electrons. The fraction of sp³-hybridized carbons (Fsp3) is 0.500. The lowest BCUT2D eigenvalue weighted by molar-refractivity contribution is -0.168. The van der Waals surface area contributed by atoms with Crippen molar-refractivity contribution >= 4 is 12.2 Å². The maximum Gasteiger partial charge on any atom is 0.422 e. The highest BCUT2D eigenvalue weighted by Crippen LogP contribution is 2.30. The lowest BCUT2D eigenvalue weighted by Crippen LogP contribution is -2.51. The molecule has 0 amide bonds. The maximum atomic E-state index is 13.1. The van der Waals surface area contributed by atoms with Gasteiger partial charge in [-0.05, 0) is 31.2 Å². The first-order valence-electron chi connectivity index (χ1n) is 10.0. The number of hydrogen-bond donors (Lipinski definition) is 2. The lowest BCUT2D eigenvalue weighted by atomic mass is 9.94. The highest BCUT2D eigenvalue weighted by Gasteiger charge is 2.37. The van der Waals surface area contributed by atoms with Crippen molar-refractivity contribution in [1.29, 1.82) is 0 Å². The van der Waals surface area contributed by atoms with Crippen molar-refractivity contribution in [3.05, 3.63) is 46.8 Å². The summed E-state index contributed by atoms with van der Waals surface area (Å²) in [6.45, 7) is -2.48. The number of carbonyl (C=O) groups is 1. The van der Waals surface area contributed by atoms with Crippen LogP contribution in [0.15, 0.2) is 51.8 Å². The van der Waals surface area contributed by atoms with E-state index in [4.69, 9.17) is 4.74 Å². The molecular formula is C20H23F6N5O2. The van der Waals surface area contributed by atoms with E-state index in [0.717, 1.165) is 5.01 Å². The fourth-order valence-corrected chi connectivity index (χ4v) is 3.68. The Morgan fingerprint density at radius 1 is 1.27 bits per heavy atom. The zero-order valence-corrected chi connectivity index (χ0v) is 17.6. The number of alkyl halides is 6. The van der Waals surface area contributed by atoms with E-state index in [2.05, 4.69) is 15.6 Å². The first-order valence-corrected chi connectivity index (χ1v) is 10.0. The number of carbonyl (C=O) groups excluding carboxylic acids is 1. The molecular weight excluding hydrogens is 456 g/mol. The van der Waals surface area contributed by atoms with E-state index in [-0.39, 0.29) is 24.6 Å². The number of aliphatic imine (C=N–C) groups is 1. The van der Waals surface area contributed by atoms with Crippen LogP contribution < -0.4 is 10.6 Å². The summed E-state index contributed by atoms with van der Waals surface area (Å²) in [5, 5.41) is 8.32. The third-order valence-electron chi connectivity index (χ3n) is 5.07. The summed E-state index contributed by atoms with van der Waals surface area (Å²) in [5.41, 5.74) is 1.19. The normalized spacial score (nSPS) is 24.3. The monoisotopic (exact) mass is 479 g/mol. The number of aldehydes is 1. The van der Waals surface area contributed by atoms with Crippen molar-refractivity contribution in [3.8, 4) is 0 Å². The molecule has 0 fully saturated rings. The van der Waals surface area contributed by atoms with Gasteiger partial charge in [0, 0.05) is 24.9 Å². The van der Waals surface area contributed by atoms with Gasteiger partial charge in [-0.3, -0.25) is 4.79 Å². The van der Waals surface area contributed by atoms with Gasteiger partial charge < -0.3 is 20.4 Å². The van der Waals surface area contributed by atoms with Gasteiger partial charge in [-0.25, -0.2) is 4.99 Å². The van der Waals surface area contributed by atoms with Crippen LogP contribution in [0.4, 0.5) is 26.3 Å². The Morgan fingerprint density at radius 2 is 2.03 bits per heavy atom. The van der Waals surface area contributed by atoms with Crippen molar-refractivity contribution in [3.63, 3.8) is 0 Å². The number of nitrogens with one attached hydrogen (secondary N) is 2. The Hall–Kier alpha value is -2.80. The SMILES string of the molecule is CNC1C=CN(CC(F)(F)F)N1CC1=C(C=O)CCNC1=C1C=CCN=C1OCC(F)(F)F. The molecule has 1 unspecified atom stereocenters. The van der Waals surface area contributed by atoms with Crippen LogP contribution in [0, 0.1) is 0 Å². The molecule has 0 saturated carbocycles. The lowest BCUT2D eigenvalue weighted by Gasteiger charge is -2.36. The number of rotatable bonds is 6. The topological polar surface area (TPSA) is 69.2 Å². The fourth-order valence-electron chi connectivity index (χ4n) is 3.68. The molecule has 0 spiro atoms. The van der Waals surface area contributed by atoms with Crippen LogP contribution in [0.5, 0.6) is 0 Å². The summed E-state index contributed by atoms with van der Waals surface area (Å²) >= 11 is 0. The molecule has 0 aromatic heterocycles. The largest absolute Gasteiger partial charge is 0.468 e. The zero-order valence-electron chi connectivity index (χ0n) is 17.6. The van der Waals surface area contributed by atoms with E-state index in [0.29, 0.717) is 36.1 Å². The molecule has 0 aromatic carbocycles. The molecule has 1 atom stereocenters. The first kappa shape index (κ1) is 24.8. The summed E-state index contributed by atoms with van der Waals surface area (Å²) in [5.74, 6) is -0.251. The number of nitrogens with zero attached hydrogens (tertiary/aromatic N) is 3. The van der Waals surface area contributed by atoms with Crippen LogP contribution in [0.25, 0.3) is 0 Å². The average Bonchev–Trinajstić information content (AvgIpc) is 3.11. The van der Waals surface area contributed by atoms with Crippen LogP contribution in [0.3, 0.4) is 0 Å². The van der Waals surface area contributed by atoms with Crippen LogP contribution in [-0.2, 0) is 9.53 Å². The van der Waals surface area contributed by atoms with Gasteiger partial charge in [0.25, 0.3) is 0 Å². The molecule has 3 aliphatic heterocycles. The van der Waals surface area contributed by atoms with Crippen molar-refractivity contribution < 1.29 is 35.9 Å². The molecule has 3 aliphatic rings. The summed E-state index contributed by atoms with van der Waals surface area (Å²) in [6, 6.07) is 0. The minimum atomic E-state index is -4.58. The molecule has 33 heavy (non-hydrogen) atoms. The summed E-state index contributed by atoms with van der Waals surface area (Å²) in [7, 11) is 1.58. The van der Waals surface area contributed by atoms with Gasteiger partial charge in [0.1, 0.15) is 12.8 Å². The molecule has 7 nitrogen and oxygen atoms in total. The van der Waals surface area contributed by atoms with Crippen molar-refractivity contribution in [2.24, 2.45) is 4.99 Å². The van der Waals surface area contributed by atoms with Crippen LogP contribution in [-0.4, -0.2) is 80.6 Å². The van der Waals surface area contributed by atoms with Crippen molar-refractivity contribution in [2.45, 2.75) is 24.9 Å². The first-order chi connectivity index (χ1) is 15.5. The van der Waals surface area contributed by atoms with E-state index in [9.17, 15) is 31.1 Å². The Kier molecular flexibility index (Phi) is 7.52. The smallest absolute Gasteiger partial charge is 0.422 e. The van der Waals surface area contributed by atoms with E-state index in [1.807, 2.05) is 0 Å². The summed E-state index contributed by atoms with van der Waals surface area (Å²) in [6.07, 6.45) is -2.75. The van der Waals surface area contributed by atoms with Crippen LogP contribution >= 0.6 is 0 Å². The molecule has 0 aliphatic carbocycles. The molecule has 0 bridgehead atoms. The Balaban J connectivity index is 1.97. The van der Waals surface area contributed by atoms with Gasteiger partial charge in [0.15, 0.2) is 6.61 Å². The standard InChI is InChI=1S/C20H23F6N5O2/c1-27-16-5-8-30(11-19(21,22)23)31(16)9-15-13(10-32)4-7-28-17(15)14-3-2-6-29-18(14)33-12-20(24,25)26/h2-3,5,8,10,16,27-28H,4,6-7,9,11-12H2,1H3. The van der Waals surface area contributed by atoms with Gasteiger partial charge in [-0.15, -0.1) is 0 Å². The van der Waals surface area contributed by atoms with E-state index >= 15 is 0 Å². The quantitative estimate of drug-likeness (QED) is 0.451. The Morgan fingerprint density at radius 3 is 2.67 bits per heavy atom. The average molecular weight is 479 g/mol. The second kappa shape index (κ2) is 10.00. The summed E-state index contributed by atoms with van der Waals surface area (Å²) in [4.78, 5) is 15.8. The van der Waals surface area contributed by atoms with E-state index in [1.165, 1.54) is 23.4 Å². The Labute approximate surface area is 186 Å². The molecule has 3 heterocycles. The van der Waals surface area contributed by atoms with Crippen molar-refractivity contribution in [1.82, 2.24) is 20.7 Å². The number of hydrogen-bond acceptors (Lipinski definition) is 7. The van der Waals surface area contributed by atoms with E-state index < -0.39 is 31.7 Å². The predicted octanol–water partition coefficient (Wildman–Crippen LogP) is 2.43. The van der Waals surface area contributed by atoms with Gasteiger partial charge in [-0.2, -0.15) is 31.4 Å². The minimum Gasteiger partial charge on any atom is -0.468 e. The Bertz CT molecular complexity index is 904. The number of hydrazine groups is 1. The number of dihydropyridines is 1. The third-order valence-corrected chi connectivity index (χ3v) is 5.07. The van der Waals surface area contributed by atoms with E-state index in [1.54, 1.807) is 13.1 Å². The minimum absolute atomic E-state index is 0.112. The number of halogens is 6. The summed E-state index contributed by atoms with van der Waals surface area (Å²) < 4.78 is 82.3. The van der Waals surface area contributed by atoms with Gasteiger partial charge in [0.2, 0.25) is 5.90 Å². The maximum absolute atomic E-state index is 13.1. The molecule has 3 rings (SSSR count). The third kappa shape index (κ3) is 6.38. The van der Waals surface area contributed by atoms with Gasteiger partial charge >= 0.3 is 12.4 Å². The van der Waals surface area contributed by atoms with Crippen LogP contribution in [0.2, 0.25) is 0 Å². The second-order valence-corrected chi connectivity index (χ2v) is 7.42. The second-order valence-electron chi connectivity index (χ2n) is 7.42. The van der Waals surface area contributed by atoms with Crippen LogP contribution in [0.1, 0.15) is 6.42 Å². The van der Waals surface area contributed by atoms with Gasteiger partial charge in [-0.1, -0.05) is 6.08 Å². The predicted molar refractivity (Wildman–Crippen MR) is 108 cm³/mol. The number of likely N-dealkylation sites (N-methyl/N-ethyl adjacent to an activating group) is 1. The van der Waals surface area contributed by atoms with Gasteiger partial charge in [0.05, 0.1) is 24.0 Å². The highest BCUT2D eigenvalue weighted by atomic mass is 19.4. The highest BCUT2D eigenvalue weighted by molar-refractivity contribution is 5.99.